The fourth-order valence-corrected chi connectivity index (χ4v) is 3.42. The fraction of sp³-hybridized carbons (Fsp3) is 0.364. The van der Waals surface area contributed by atoms with Crippen LogP contribution in [0.1, 0.15) is 26.2 Å². The van der Waals surface area contributed by atoms with Crippen molar-refractivity contribution in [3.05, 3.63) is 29.3 Å². The van der Waals surface area contributed by atoms with Gasteiger partial charge in [-0.3, -0.25) is 0 Å². The molecular formula is C11H13ClSSe. The van der Waals surface area contributed by atoms with Crippen molar-refractivity contribution in [3.8, 4) is 0 Å². The Balaban J connectivity index is 2.44. The van der Waals surface area contributed by atoms with Crippen LogP contribution in [-0.2, 0) is 0 Å². The molecule has 1 aromatic rings. The van der Waals surface area contributed by atoms with E-state index in [9.17, 15) is 0 Å². The first-order valence-electron chi connectivity index (χ1n) is 4.68. The second kappa shape index (κ2) is 6.58. The Morgan fingerprint density at radius 3 is 2.57 bits per heavy atom. The first kappa shape index (κ1) is 12.2. The molecule has 0 amide bonds. The summed E-state index contributed by atoms with van der Waals surface area (Å²) in [5.74, 6) is 0. The molecule has 0 aliphatic heterocycles. The van der Waals surface area contributed by atoms with Gasteiger partial charge in [0.1, 0.15) is 0 Å². The summed E-state index contributed by atoms with van der Waals surface area (Å²) in [5.41, 5.74) is 0. The molecule has 76 valence electrons. The zero-order valence-corrected chi connectivity index (χ0v) is 11.4. The standard InChI is InChI=1S/C11H13ClSSe/c1-2-3-4-11(13)14-10-7-5-9(12)6-8-10/h5-8H,2-4H2,1H3. The van der Waals surface area contributed by atoms with Gasteiger partial charge in [-0.25, -0.2) is 0 Å². The summed E-state index contributed by atoms with van der Waals surface area (Å²) in [6.45, 7) is 2.19. The van der Waals surface area contributed by atoms with Crippen molar-refractivity contribution in [1.82, 2.24) is 0 Å². The number of unbranched alkanes of at least 4 members (excludes halogenated alkanes) is 1. The zero-order chi connectivity index (χ0) is 10.4. The molecule has 0 fully saturated rings. The topological polar surface area (TPSA) is 0 Å². The van der Waals surface area contributed by atoms with E-state index in [1.165, 1.54) is 21.1 Å². The zero-order valence-electron chi connectivity index (χ0n) is 8.13. The minimum atomic E-state index is 0.342. The molecule has 0 heterocycles. The third-order valence-corrected chi connectivity index (χ3v) is 4.64. The predicted molar refractivity (Wildman–Crippen MR) is 69.0 cm³/mol. The van der Waals surface area contributed by atoms with Crippen LogP contribution in [0.15, 0.2) is 24.3 Å². The number of benzene rings is 1. The van der Waals surface area contributed by atoms with Gasteiger partial charge in [0.2, 0.25) is 0 Å². The number of hydrogen-bond acceptors (Lipinski definition) is 1. The van der Waals surface area contributed by atoms with E-state index in [4.69, 9.17) is 23.8 Å². The van der Waals surface area contributed by atoms with Gasteiger partial charge in [-0.1, -0.05) is 0 Å². The van der Waals surface area contributed by atoms with Crippen LogP contribution in [0.4, 0.5) is 0 Å². The summed E-state index contributed by atoms with van der Waals surface area (Å²) in [5, 5.41) is 0.795. The van der Waals surface area contributed by atoms with Gasteiger partial charge >= 0.3 is 102 Å². The molecule has 0 N–H and O–H groups in total. The molecule has 1 rings (SSSR count). The maximum atomic E-state index is 5.81. The van der Waals surface area contributed by atoms with Crippen LogP contribution >= 0.6 is 23.8 Å². The monoisotopic (exact) mass is 292 g/mol. The minimum absolute atomic E-state index is 0.342. The van der Waals surface area contributed by atoms with Crippen LogP contribution in [0.3, 0.4) is 0 Å². The Labute approximate surface area is 102 Å². The van der Waals surface area contributed by atoms with Crippen LogP contribution in [0, 0.1) is 0 Å². The Morgan fingerprint density at radius 1 is 1.36 bits per heavy atom. The summed E-state index contributed by atoms with van der Waals surface area (Å²) in [6, 6.07) is 8.00. The molecule has 0 aliphatic carbocycles. The van der Waals surface area contributed by atoms with E-state index >= 15 is 0 Å². The first-order chi connectivity index (χ1) is 6.72. The van der Waals surface area contributed by atoms with Gasteiger partial charge < -0.3 is 0 Å². The fourth-order valence-electron chi connectivity index (χ4n) is 1.01. The van der Waals surface area contributed by atoms with Crippen molar-refractivity contribution in [2.24, 2.45) is 0 Å². The van der Waals surface area contributed by atoms with E-state index in [0.717, 1.165) is 11.4 Å². The molecule has 14 heavy (non-hydrogen) atoms. The van der Waals surface area contributed by atoms with E-state index < -0.39 is 0 Å². The van der Waals surface area contributed by atoms with Gasteiger partial charge in [0.05, 0.1) is 0 Å². The molecule has 0 radical (unpaired) electrons. The van der Waals surface area contributed by atoms with Crippen LogP contribution in [-0.4, -0.2) is 18.7 Å². The summed E-state index contributed by atoms with van der Waals surface area (Å²) >= 11 is 11.5. The van der Waals surface area contributed by atoms with Crippen molar-refractivity contribution in [3.63, 3.8) is 0 Å². The van der Waals surface area contributed by atoms with E-state index in [2.05, 4.69) is 19.1 Å². The molecule has 0 nitrogen and oxygen atoms in total. The Hall–Kier alpha value is 0.119. The number of halogens is 1. The van der Waals surface area contributed by atoms with Crippen molar-refractivity contribution < 1.29 is 0 Å². The van der Waals surface area contributed by atoms with E-state index in [0.29, 0.717) is 15.0 Å². The van der Waals surface area contributed by atoms with Gasteiger partial charge in [0.25, 0.3) is 0 Å². The number of rotatable bonds is 5. The Bertz CT molecular complexity index is 295. The van der Waals surface area contributed by atoms with Crippen LogP contribution in [0.2, 0.25) is 5.02 Å². The second-order valence-electron chi connectivity index (χ2n) is 3.03. The Morgan fingerprint density at radius 2 is 2.00 bits per heavy atom. The van der Waals surface area contributed by atoms with Crippen LogP contribution in [0.25, 0.3) is 0 Å². The predicted octanol–water partition coefficient (Wildman–Crippen LogP) is 3.19. The summed E-state index contributed by atoms with van der Waals surface area (Å²) in [4.78, 5) is 0. The van der Waals surface area contributed by atoms with E-state index in [-0.39, 0.29) is 0 Å². The van der Waals surface area contributed by atoms with Crippen molar-refractivity contribution >= 4 is 47.0 Å². The average molecular weight is 292 g/mol. The van der Waals surface area contributed by atoms with Gasteiger partial charge in [-0.15, -0.1) is 0 Å². The molecule has 0 saturated heterocycles. The summed E-state index contributed by atoms with van der Waals surface area (Å²) in [6.07, 6.45) is 3.53. The van der Waals surface area contributed by atoms with Gasteiger partial charge in [0, 0.05) is 0 Å². The van der Waals surface area contributed by atoms with E-state index in [1.807, 2.05) is 12.1 Å². The first-order valence-corrected chi connectivity index (χ1v) is 7.18. The second-order valence-corrected chi connectivity index (χ2v) is 7.00. The Kier molecular flexibility index (Phi) is 5.73. The normalized spacial score (nSPS) is 10.1. The molecule has 0 aliphatic rings. The quantitative estimate of drug-likeness (QED) is 0.593. The van der Waals surface area contributed by atoms with Crippen molar-refractivity contribution in [1.29, 1.82) is 0 Å². The molecular weight excluding hydrogens is 279 g/mol. The van der Waals surface area contributed by atoms with Gasteiger partial charge in [0.15, 0.2) is 0 Å². The molecule has 0 atom stereocenters. The van der Waals surface area contributed by atoms with E-state index in [1.54, 1.807) is 0 Å². The van der Waals surface area contributed by atoms with Crippen LogP contribution in [0.5, 0.6) is 0 Å². The van der Waals surface area contributed by atoms with Gasteiger partial charge in [-0.05, 0) is 0 Å². The van der Waals surface area contributed by atoms with Crippen LogP contribution < -0.4 is 4.46 Å². The molecule has 0 saturated carbocycles. The molecule has 0 spiro atoms. The summed E-state index contributed by atoms with van der Waals surface area (Å²) in [7, 11) is 0. The molecule has 0 unspecified atom stereocenters. The van der Waals surface area contributed by atoms with Gasteiger partial charge in [-0.2, -0.15) is 0 Å². The average Bonchev–Trinajstić information content (AvgIpc) is 2.18. The molecule has 0 aromatic heterocycles. The third-order valence-electron chi connectivity index (χ3n) is 1.78. The SMILES string of the molecule is CCCCC(=S)[Se]c1ccc(Cl)cc1. The van der Waals surface area contributed by atoms with Crippen molar-refractivity contribution in [2.45, 2.75) is 26.2 Å². The summed E-state index contributed by atoms with van der Waals surface area (Å²) < 4.78 is 2.53. The van der Waals surface area contributed by atoms with Crippen molar-refractivity contribution in [2.75, 3.05) is 0 Å². The molecule has 1 aromatic carbocycles. The third kappa shape index (κ3) is 4.56. The number of hydrogen-bond donors (Lipinski definition) is 0. The number of thiocarbonyl (C=S) groups is 1. The molecule has 0 bridgehead atoms. The molecule has 3 heteroatoms. The maximum absolute atomic E-state index is 5.81.